The molecule has 0 spiro atoms. The summed E-state index contributed by atoms with van der Waals surface area (Å²) >= 11 is 0. The fraction of sp³-hybridized carbons (Fsp3) is 0.520. The minimum absolute atomic E-state index is 0.0659. The Kier molecular flexibility index (Phi) is 9.25. The van der Waals surface area contributed by atoms with E-state index in [1.54, 1.807) is 4.90 Å². The predicted molar refractivity (Wildman–Crippen MR) is 128 cm³/mol. The van der Waals surface area contributed by atoms with Crippen LogP contribution in [0.25, 0.3) is 0 Å². The predicted octanol–water partition coefficient (Wildman–Crippen LogP) is 2.74. The molecule has 1 aromatic carbocycles. The number of amides is 3. The lowest BCUT2D eigenvalue weighted by Crippen LogP contribution is -2.51. The van der Waals surface area contributed by atoms with Crippen molar-refractivity contribution in [3.05, 3.63) is 53.7 Å². The summed E-state index contributed by atoms with van der Waals surface area (Å²) < 4.78 is 5.44. The van der Waals surface area contributed by atoms with Crippen molar-refractivity contribution in [3.8, 4) is 0 Å². The Labute approximate surface area is 204 Å². The molecule has 35 heavy (non-hydrogen) atoms. The van der Waals surface area contributed by atoms with Crippen LogP contribution in [0.15, 0.2) is 41.0 Å². The quantitative estimate of drug-likeness (QED) is 0.382. The van der Waals surface area contributed by atoms with E-state index in [4.69, 9.17) is 9.52 Å². The Balaban J connectivity index is 1.77. The molecule has 10 heteroatoms. The SMILES string of the molecule is CC(C)CC(NC(=O)O)C(=O)NC(CCc1ccccc1)C(O)c1nc(C(=O)N2CCCC2)co1. The van der Waals surface area contributed by atoms with E-state index in [1.807, 2.05) is 44.2 Å². The molecule has 3 rings (SSSR count). The third kappa shape index (κ3) is 7.54. The Morgan fingerprint density at radius 2 is 1.80 bits per heavy atom. The van der Waals surface area contributed by atoms with Gasteiger partial charge in [0.15, 0.2) is 11.8 Å². The summed E-state index contributed by atoms with van der Waals surface area (Å²) in [5, 5.41) is 25.3. The number of aromatic nitrogens is 1. The molecule has 0 saturated carbocycles. The van der Waals surface area contributed by atoms with Gasteiger partial charge in [-0.2, -0.15) is 0 Å². The second kappa shape index (κ2) is 12.3. The summed E-state index contributed by atoms with van der Waals surface area (Å²) in [5.74, 6) is -0.802. The molecule has 10 nitrogen and oxygen atoms in total. The van der Waals surface area contributed by atoms with E-state index in [1.165, 1.54) is 6.26 Å². The monoisotopic (exact) mass is 486 g/mol. The molecule has 2 aromatic rings. The van der Waals surface area contributed by atoms with Gasteiger partial charge < -0.3 is 30.2 Å². The normalized spacial score (nSPS) is 16.1. The van der Waals surface area contributed by atoms with Gasteiger partial charge in [0.2, 0.25) is 11.8 Å². The molecule has 0 radical (unpaired) electrons. The van der Waals surface area contributed by atoms with Crippen LogP contribution in [-0.2, 0) is 11.2 Å². The number of likely N-dealkylation sites (tertiary alicyclic amines) is 1. The van der Waals surface area contributed by atoms with E-state index in [9.17, 15) is 19.5 Å². The summed E-state index contributed by atoms with van der Waals surface area (Å²) in [7, 11) is 0. The van der Waals surface area contributed by atoms with Crippen LogP contribution in [0, 0.1) is 5.92 Å². The summed E-state index contributed by atoms with van der Waals surface area (Å²) in [4.78, 5) is 42.7. The van der Waals surface area contributed by atoms with Gasteiger partial charge >= 0.3 is 6.09 Å². The van der Waals surface area contributed by atoms with Gasteiger partial charge in [-0.05, 0) is 43.6 Å². The summed E-state index contributed by atoms with van der Waals surface area (Å²) in [6.45, 7) is 5.09. The number of oxazole rings is 1. The molecule has 3 atom stereocenters. The first-order valence-electron chi connectivity index (χ1n) is 12.0. The molecule has 1 aliphatic rings. The van der Waals surface area contributed by atoms with Crippen molar-refractivity contribution in [1.82, 2.24) is 20.5 Å². The van der Waals surface area contributed by atoms with E-state index in [0.29, 0.717) is 32.4 Å². The number of aliphatic hydroxyl groups excluding tert-OH is 1. The minimum atomic E-state index is -1.33. The van der Waals surface area contributed by atoms with E-state index in [2.05, 4.69) is 15.6 Å². The van der Waals surface area contributed by atoms with Crippen LogP contribution >= 0.6 is 0 Å². The first kappa shape index (κ1) is 26.2. The molecule has 3 amide bonds. The van der Waals surface area contributed by atoms with Gasteiger partial charge in [-0.15, -0.1) is 0 Å². The third-order valence-electron chi connectivity index (χ3n) is 6.00. The summed E-state index contributed by atoms with van der Waals surface area (Å²) in [6.07, 6.45) is 1.66. The van der Waals surface area contributed by atoms with Crippen LogP contribution in [-0.4, -0.2) is 63.2 Å². The van der Waals surface area contributed by atoms with Gasteiger partial charge in [-0.3, -0.25) is 9.59 Å². The minimum Gasteiger partial charge on any atom is -0.465 e. The van der Waals surface area contributed by atoms with Crippen LogP contribution in [0.1, 0.15) is 67.6 Å². The Morgan fingerprint density at radius 3 is 2.43 bits per heavy atom. The largest absolute Gasteiger partial charge is 0.465 e. The van der Waals surface area contributed by atoms with Crippen LogP contribution in [0.5, 0.6) is 0 Å². The summed E-state index contributed by atoms with van der Waals surface area (Å²) in [6, 6.07) is 7.79. The zero-order valence-electron chi connectivity index (χ0n) is 20.1. The molecule has 0 aliphatic carbocycles. The number of hydrogen-bond acceptors (Lipinski definition) is 6. The van der Waals surface area contributed by atoms with Crippen molar-refractivity contribution in [2.75, 3.05) is 13.1 Å². The number of nitrogens with zero attached hydrogens (tertiary/aromatic N) is 2. The van der Waals surface area contributed by atoms with Crippen LogP contribution in [0.2, 0.25) is 0 Å². The number of carbonyl (C=O) groups excluding carboxylic acids is 2. The van der Waals surface area contributed by atoms with E-state index in [0.717, 1.165) is 18.4 Å². The first-order chi connectivity index (χ1) is 16.7. The second-order valence-corrected chi connectivity index (χ2v) is 9.29. The smallest absolute Gasteiger partial charge is 0.405 e. The molecule has 2 heterocycles. The van der Waals surface area contributed by atoms with Crippen molar-refractivity contribution in [3.63, 3.8) is 0 Å². The van der Waals surface area contributed by atoms with Gasteiger partial charge in [-0.25, -0.2) is 9.78 Å². The molecule has 3 unspecified atom stereocenters. The molecule has 1 aromatic heterocycles. The number of nitrogens with one attached hydrogen (secondary N) is 2. The van der Waals surface area contributed by atoms with Crippen molar-refractivity contribution in [2.24, 2.45) is 5.92 Å². The van der Waals surface area contributed by atoms with Crippen LogP contribution in [0.3, 0.4) is 0 Å². The molecule has 1 aliphatic heterocycles. The van der Waals surface area contributed by atoms with Crippen molar-refractivity contribution < 1.29 is 29.0 Å². The van der Waals surface area contributed by atoms with Gasteiger partial charge in [0.1, 0.15) is 12.3 Å². The van der Waals surface area contributed by atoms with E-state index < -0.39 is 30.2 Å². The lowest BCUT2D eigenvalue weighted by atomic mass is 9.99. The van der Waals surface area contributed by atoms with E-state index >= 15 is 0 Å². The average molecular weight is 487 g/mol. The van der Waals surface area contributed by atoms with Crippen LogP contribution < -0.4 is 10.6 Å². The van der Waals surface area contributed by atoms with Gasteiger partial charge in [0, 0.05) is 13.1 Å². The molecular weight excluding hydrogens is 452 g/mol. The maximum absolute atomic E-state index is 13.0. The van der Waals surface area contributed by atoms with Gasteiger partial charge in [-0.1, -0.05) is 44.2 Å². The van der Waals surface area contributed by atoms with Gasteiger partial charge in [0.05, 0.1) is 6.04 Å². The van der Waals surface area contributed by atoms with Crippen molar-refractivity contribution in [2.45, 2.75) is 64.1 Å². The highest BCUT2D eigenvalue weighted by Gasteiger charge is 2.31. The highest BCUT2D eigenvalue weighted by Crippen LogP contribution is 2.22. The van der Waals surface area contributed by atoms with Crippen molar-refractivity contribution >= 4 is 17.9 Å². The molecule has 4 N–H and O–H groups in total. The second-order valence-electron chi connectivity index (χ2n) is 9.29. The number of carbonyl (C=O) groups is 3. The lowest BCUT2D eigenvalue weighted by molar-refractivity contribution is -0.125. The number of rotatable bonds is 11. The highest BCUT2D eigenvalue weighted by molar-refractivity contribution is 5.92. The zero-order chi connectivity index (χ0) is 25.4. The number of benzene rings is 1. The number of carboxylic acid groups (broad SMARTS) is 1. The van der Waals surface area contributed by atoms with Crippen molar-refractivity contribution in [1.29, 1.82) is 0 Å². The molecule has 1 fully saturated rings. The fourth-order valence-corrected chi connectivity index (χ4v) is 4.19. The molecular formula is C25H34N4O6. The topological polar surface area (TPSA) is 145 Å². The number of aryl methyl sites for hydroxylation is 1. The zero-order valence-corrected chi connectivity index (χ0v) is 20.1. The molecule has 0 bridgehead atoms. The lowest BCUT2D eigenvalue weighted by Gasteiger charge is -2.26. The first-order valence-corrected chi connectivity index (χ1v) is 12.0. The highest BCUT2D eigenvalue weighted by atomic mass is 16.4. The number of aliphatic hydroxyl groups is 1. The Bertz CT molecular complexity index is 987. The Morgan fingerprint density at radius 1 is 1.11 bits per heavy atom. The summed E-state index contributed by atoms with van der Waals surface area (Å²) in [5.41, 5.74) is 1.12. The Hall–Kier alpha value is -3.40. The standard InChI is InChI=1S/C25H34N4O6/c1-16(2)14-19(28-25(33)34)22(31)26-18(11-10-17-8-4-3-5-9-17)21(30)23-27-20(15-35-23)24(32)29-12-6-7-13-29/h3-5,8-9,15-16,18-19,21,28,30H,6-7,10-14H2,1-2H3,(H,26,31)(H,33,34). The van der Waals surface area contributed by atoms with E-state index in [-0.39, 0.29) is 23.4 Å². The molecule has 1 saturated heterocycles. The maximum Gasteiger partial charge on any atom is 0.405 e. The molecule has 190 valence electrons. The number of hydrogen-bond donors (Lipinski definition) is 4. The third-order valence-corrected chi connectivity index (χ3v) is 6.00. The maximum atomic E-state index is 13.0. The fourth-order valence-electron chi connectivity index (χ4n) is 4.19. The van der Waals surface area contributed by atoms with Crippen LogP contribution in [0.4, 0.5) is 4.79 Å². The average Bonchev–Trinajstić information content (AvgIpc) is 3.53. The van der Waals surface area contributed by atoms with Gasteiger partial charge in [0.25, 0.3) is 5.91 Å².